The number of carbonyl (C=O) groups excluding carboxylic acids is 2. The van der Waals surface area contributed by atoms with Crippen LogP contribution >= 0.6 is 0 Å². The number of halogens is 3. The van der Waals surface area contributed by atoms with Gasteiger partial charge >= 0.3 is 23.8 Å². The van der Waals surface area contributed by atoms with Gasteiger partial charge in [0.25, 0.3) is 0 Å². The summed E-state index contributed by atoms with van der Waals surface area (Å²) in [6.07, 6.45) is -7.51. The van der Waals surface area contributed by atoms with Crippen molar-refractivity contribution in [1.82, 2.24) is 19.1 Å². The van der Waals surface area contributed by atoms with Gasteiger partial charge in [-0.2, -0.15) is 18.2 Å². The average molecular weight is 461 g/mol. The standard InChI is InChI=1S/C18H22F3N5O6/c1-9(27)31-12-6-10(7-13(28)30-2)32-15(12)26-14-11(8-23-16(22)24-14)25(17(26)29)5-3-4-18(19,20)21/h8,10,12,15H,3-7H2,1-2H3,(H2,22,23,24)/t10-,12+,15+/m0/s1. The van der Waals surface area contributed by atoms with Crippen LogP contribution < -0.4 is 11.4 Å². The Morgan fingerprint density at radius 1 is 1.38 bits per heavy atom. The van der Waals surface area contributed by atoms with Gasteiger partial charge in [-0.05, 0) is 6.42 Å². The van der Waals surface area contributed by atoms with Crippen molar-refractivity contribution in [3.05, 3.63) is 16.7 Å². The number of methoxy groups -OCH3 is 1. The molecule has 14 heteroatoms. The number of aryl methyl sites for hydroxylation is 1. The maximum atomic E-state index is 13.2. The summed E-state index contributed by atoms with van der Waals surface area (Å²) < 4.78 is 55.6. The molecule has 2 aromatic heterocycles. The molecule has 32 heavy (non-hydrogen) atoms. The lowest BCUT2D eigenvalue weighted by molar-refractivity contribution is -0.153. The molecule has 1 fully saturated rings. The molecule has 3 heterocycles. The second-order valence-electron chi connectivity index (χ2n) is 7.27. The van der Waals surface area contributed by atoms with Crippen molar-refractivity contribution < 1.29 is 37.0 Å². The molecular formula is C18H22F3N5O6. The van der Waals surface area contributed by atoms with Crippen LogP contribution in [0.4, 0.5) is 19.1 Å². The van der Waals surface area contributed by atoms with Crippen molar-refractivity contribution in [3.63, 3.8) is 0 Å². The summed E-state index contributed by atoms with van der Waals surface area (Å²) in [6.45, 7) is 0.916. The number of nitrogens with zero attached hydrogens (tertiary/aromatic N) is 4. The largest absolute Gasteiger partial charge is 0.469 e. The zero-order valence-electron chi connectivity index (χ0n) is 17.3. The first-order valence-electron chi connectivity index (χ1n) is 9.69. The van der Waals surface area contributed by atoms with Crippen LogP contribution in [0.1, 0.15) is 38.8 Å². The van der Waals surface area contributed by atoms with Crippen molar-refractivity contribution in [2.75, 3.05) is 12.8 Å². The van der Waals surface area contributed by atoms with E-state index in [1.54, 1.807) is 0 Å². The quantitative estimate of drug-likeness (QED) is 0.604. The Morgan fingerprint density at radius 2 is 2.09 bits per heavy atom. The molecule has 176 valence electrons. The highest BCUT2D eigenvalue weighted by Gasteiger charge is 2.42. The van der Waals surface area contributed by atoms with E-state index in [9.17, 15) is 27.6 Å². The molecule has 0 radical (unpaired) electrons. The molecule has 1 saturated heterocycles. The molecule has 3 atom stereocenters. The molecule has 0 amide bonds. The van der Waals surface area contributed by atoms with Gasteiger partial charge in [-0.25, -0.2) is 14.3 Å². The maximum absolute atomic E-state index is 13.2. The number of esters is 2. The molecule has 2 N–H and O–H groups in total. The van der Waals surface area contributed by atoms with Gasteiger partial charge in [-0.3, -0.25) is 14.2 Å². The maximum Gasteiger partial charge on any atom is 0.389 e. The number of nitrogens with two attached hydrogens (primary N) is 1. The lowest BCUT2D eigenvalue weighted by Crippen LogP contribution is -2.34. The van der Waals surface area contributed by atoms with E-state index in [2.05, 4.69) is 14.7 Å². The SMILES string of the molecule is COC(=O)C[C@@H]1C[C@@H](OC(C)=O)[C@H](n2c(=O)n(CCCC(F)(F)F)c3cnc(N)nc32)O1. The lowest BCUT2D eigenvalue weighted by atomic mass is 10.1. The number of nitrogen functional groups attached to an aromatic ring is 1. The first-order valence-corrected chi connectivity index (χ1v) is 9.69. The number of aromatic nitrogens is 4. The van der Waals surface area contributed by atoms with E-state index >= 15 is 0 Å². The molecule has 3 rings (SSSR count). The van der Waals surface area contributed by atoms with Crippen LogP contribution in [0.5, 0.6) is 0 Å². The second-order valence-corrected chi connectivity index (χ2v) is 7.27. The summed E-state index contributed by atoms with van der Waals surface area (Å²) in [5.74, 6) is -1.38. The predicted octanol–water partition coefficient (Wildman–Crippen LogP) is 1.30. The van der Waals surface area contributed by atoms with Crippen molar-refractivity contribution in [2.45, 2.75) is 63.8 Å². The fraction of sp³-hybridized carbons (Fsp3) is 0.611. The fourth-order valence-corrected chi connectivity index (χ4v) is 3.62. The van der Waals surface area contributed by atoms with Crippen molar-refractivity contribution in [1.29, 1.82) is 0 Å². The smallest absolute Gasteiger partial charge is 0.389 e. The van der Waals surface area contributed by atoms with E-state index in [1.807, 2.05) is 0 Å². The Kier molecular flexibility index (Phi) is 6.71. The molecule has 0 bridgehead atoms. The highest BCUT2D eigenvalue weighted by Crippen LogP contribution is 2.34. The molecule has 0 saturated carbocycles. The topological polar surface area (TPSA) is 141 Å². The van der Waals surface area contributed by atoms with Crippen LogP contribution in [0.15, 0.2) is 11.0 Å². The van der Waals surface area contributed by atoms with E-state index in [1.165, 1.54) is 20.2 Å². The summed E-state index contributed by atoms with van der Waals surface area (Å²) in [6, 6.07) is 0. The summed E-state index contributed by atoms with van der Waals surface area (Å²) in [5, 5.41) is 0. The number of hydrogen-bond donors (Lipinski definition) is 1. The zero-order chi connectivity index (χ0) is 23.6. The number of carbonyl (C=O) groups is 2. The monoisotopic (exact) mass is 461 g/mol. The van der Waals surface area contributed by atoms with Crippen molar-refractivity contribution in [2.24, 2.45) is 0 Å². The Hall–Kier alpha value is -3.16. The minimum Gasteiger partial charge on any atom is -0.469 e. The molecule has 0 spiro atoms. The summed E-state index contributed by atoms with van der Waals surface area (Å²) in [7, 11) is 1.21. The number of ether oxygens (including phenoxy) is 3. The van der Waals surface area contributed by atoms with Crippen LogP contribution in [0.3, 0.4) is 0 Å². The Labute approximate surface area is 179 Å². The number of imidazole rings is 1. The van der Waals surface area contributed by atoms with Crippen LogP contribution in [-0.2, 0) is 30.3 Å². The third-order valence-electron chi connectivity index (χ3n) is 4.91. The van der Waals surface area contributed by atoms with Crippen molar-refractivity contribution in [3.8, 4) is 0 Å². The predicted molar refractivity (Wildman–Crippen MR) is 102 cm³/mol. The van der Waals surface area contributed by atoms with E-state index in [-0.39, 0.29) is 42.9 Å². The van der Waals surface area contributed by atoms with Crippen LogP contribution in [0.2, 0.25) is 0 Å². The first-order chi connectivity index (χ1) is 15.0. The van der Waals surface area contributed by atoms with Crippen LogP contribution in [0, 0.1) is 0 Å². The normalized spacial score (nSPS) is 21.1. The van der Waals surface area contributed by atoms with E-state index < -0.39 is 48.7 Å². The summed E-state index contributed by atoms with van der Waals surface area (Å²) >= 11 is 0. The second kappa shape index (κ2) is 9.14. The molecule has 11 nitrogen and oxygen atoms in total. The molecule has 0 aromatic carbocycles. The molecule has 1 aliphatic rings. The highest BCUT2D eigenvalue weighted by molar-refractivity contribution is 5.72. The van der Waals surface area contributed by atoms with Gasteiger partial charge in [0.05, 0.1) is 25.8 Å². The van der Waals surface area contributed by atoms with Gasteiger partial charge in [0.2, 0.25) is 5.95 Å². The third-order valence-corrected chi connectivity index (χ3v) is 4.91. The summed E-state index contributed by atoms with van der Waals surface area (Å²) in [5.41, 5.74) is 5.07. The molecule has 0 aliphatic carbocycles. The fourth-order valence-electron chi connectivity index (χ4n) is 3.62. The van der Waals surface area contributed by atoms with Crippen molar-refractivity contribution >= 4 is 29.1 Å². The number of anilines is 1. The van der Waals surface area contributed by atoms with Gasteiger partial charge in [0, 0.05) is 26.3 Å². The number of fused-ring (bicyclic) bond motifs is 1. The van der Waals surface area contributed by atoms with E-state index in [0.29, 0.717) is 0 Å². The van der Waals surface area contributed by atoms with Gasteiger partial charge in [-0.1, -0.05) is 0 Å². The Bertz CT molecular complexity index is 1070. The minimum atomic E-state index is -4.38. The summed E-state index contributed by atoms with van der Waals surface area (Å²) in [4.78, 5) is 44.3. The molecule has 0 unspecified atom stereocenters. The third kappa shape index (κ3) is 5.18. The highest BCUT2D eigenvalue weighted by atomic mass is 19.4. The van der Waals surface area contributed by atoms with E-state index in [4.69, 9.17) is 15.2 Å². The zero-order valence-corrected chi connectivity index (χ0v) is 17.3. The Morgan fingerprint density at radius 3 is 2.72 bits per heavy atom. The van der Waals surface area contributed by atoms with Gasteiger partial charge in [-0.15, -0.1) is 0 Å². The van der Waals surface area contributed by atoms with E-state index in [0.717, 1.165) is 9.13 Å². The average Bonchev–Trinajstić information content (AvgIpc) is 3.17. The van der Waals surface area contributed by atoms with Crippen LogP contribution in [-0.4, -0.2) is 56.5 Å². The lowest BCUT2D eigenvalue weighted by Gasteiger charge is -2.19. The van der Waals surface area contributed by atoms with Gasteiger partial charge in [0.1, 0.15) is 11.6 Å². The van der Waals surface area contributed by atoms with Gasteiger partial charge < -0.3 is 19.9 Å². The van der Waals surface area contributed by atoms with Crippen LogP contribution in [0.25, 0.3) is 11.2 Å². The number of hydrogen-bond acceptors (Lipinski definition) is 9. The minimum absolute atomic E-state index is 0.00961. The molecule has 2 aromatic rings. The molecule has 1 aliphatic heterocycles. The number of alkyl halides is 3. The first kappa shape index (κ1) is 23.5. The number of rotatable bonds is 7. The van der Waals surface area contributed by atoms with Gasteiger partial charge in [0.15, 0.2) is 11.9 Å². The molecular weight excluding hydrogens is 439 g/mol. The Balaban J connectivity index is 2.02.